The van der Waals surface area contributed by atoms with E-state index in [1.165, 1.54) is 5.56 Å². The minimum atomic E-state index is -0.328. The van der Waals surface area contributed by atoms with Crippen molar-refractivity contribution >= 4 is 23.2 Å². The SMILES string of the molecule is Cc1cccc(C)c1NC(=O)[C@@H]1CC(=O)N(c2ccc(C(C)C)cc2)C1. The number of amides is 2. The van der Waals surface area contributed by atoms with Crippen molar-refractivity contribution < 1.29 is 9.59 Å². The average Bonchev–Trinajstić information content (AvgIpc) is 3.00. The molecule has 0 bridgehead atoms. The van der Waals surface area contributed by atoms with Gasteiger partial charge in [-0.25, -0.2) is 0 Å². The van der Waals surface area contributed by atoms with E-state index in [9.17, 15) is 9.59 Å². The van der Waals surface area contributed by atoms with Crippen molar-refractivity contribution in [2.24, 2.45) is 5.92 Å². The Kier molecular flexibility index (Phi) is 5.12. The minimum Gasteiger partial charge on any atom is -0.325 e. The van der Waals surface area contributed by atoms with Crippen LogP contribution in [-0.2, 0) is 9.59 Å². The number of carbonyl (C=O) groups excluding carboxylic acids is 2. The predicted octanol–water partition coefficient (Wildman–Crippen LogP) is 4.42. The normalized spacial score (nSPS) is 17.0. The van der Waals surface area contributed by atoms with Crippen molar-refractivity contribution in [2.45, 2.75) is 40.0 Å². The van der Waals surface area contributed by atoms with Crippen LogP contribution in [0.15, 0.2) is 42.5 Å². The summed E-state index contributed by atoms with van der Waals surface area (Å²) < 4.78 is 0. The van der Waals surface area contributed by atoms with Gasteiger partial charge in [0.05, 0.1) is 5.92 Å². The third kappa shape index (κ3) is 3.64. The number of benzene rings is 2. The molecule has 0 aliphatic carbocycles. The summed E-state index contributed by atoms with van der Waals surface area (Å²) in [6.45, 7) is 8.67. The van der Waals surface area contributed by atoms with E-state index in [1.807, 2.05) is 44.2 Å². The number of hydrogen-bond donors (Lipinski definition) is 1. The third-order valence-corrected chi connectivity index (χ3v) is 5.10. The van der Waals surface area contributed by atoms with Crippen molar-refractivity contribution in [3.8, 4) is 0 Å². The molecule has 0 unspecified atom stereocenters. The third-order valence-electron chi connectivity index (χ3n) is 5.10. The Balaban J connectivity index is 1.72. The first-order chi connectivity index (χ1) is 12.4. The Morgan fingerprint density at radius 2 is 1.69 bits per heavy atom. The Hall–Kier alpha value is -2.62. The average molecular weight is 350 g/mol. The fourth-order valence-electron chi connectivity index (χ4n) is 3.41. The number of para-hydroxylation sites is 1. The molecule has 4 heteroatoms. The van der Waals surface area contributed by atoms with E-state index in [2.05, 4.69) is 31.3 Å². The summed E-state index contributed by atoms with van der Waals surface area (Å²) in [7, 11) is 0. The maximum absolute atomic E-state index is 12.7. The number of nitrogens with zero attached hydrogens (tertiary/aromatic N) is 1. The van der Waals surface area contributed by atoms with Gasteiger partial charge in [0.2, 0.25) is 11.8 Å². The van der Waals surface area contributed by atoms with Crippen LogP contribution in [0.2, 0.25) is 0 Å². The first kappa shape index (κ1) is 18.2. The lowest BCUT2D eigenvalue weighted by atomic mass is 10.0. The van der Waals surface area contributed by atoms with E-state index in [-0.39, 0.29) is 24.2 Å². The van der Waals surface area contributed by atoms with Gasteiger partial charge in [-0.2, -0.15) is 0 Å². The van der Waals surface area contributed by atoms with Crippen LogP contribution in [0.4, 0.5) is 11.4 Å². The van der Waals surface area contributed by atoms with Crippen molar-refractivity contribution in [2.75, 3.05) is 16.8 Å². The molecule has 2 amide bonds. The molecule has 0 saturated carbocycles. The summed E-state index contributed by atoms with van der Waals surface area (Å²) in [6.07, 6.45) is 0.253. The topological polar surface area (TPSA) is 49.4 Å². The molecule has 3 rings (SSSR count). The molecule has 26 heavy (non-hydrogen) atoms. The largest absolute Gasteiger partial charge is 0.325 e. The predicted molar refractivity (Wildman–Crippen MR) is 106 cm³/mol. The molecule has 136 valence electrons. The Labute approximate surface area is 155 Å². The monoisotopic (exact) mass is 350 g/mol. The zero-order valence-corrected chi connectivity index (χ0v) is 15.9. The highest BCUT2D eigenvalue weighted by Crippen LogP contribution is 2.28. The van der Waals surface area contributed by atoms with Crippen molar-refractivity contribution in [1.29, 1.82) is 0 Å². The van der Waals surface area contributed by atoms with E-state index < -0.39 is 0 Å². The molecule has 1 heterocycles. The lowest BCUT2D eigenvalue weighted by Gasteiger charge is -2.18. The van der Waals surface area contributed by atoms with Gasteiger partial charge in [0.1, 0.15) is 0 Å². The maximum Gasteiger partial charge on any atom is 0.229 e. The lowest BCUT2D eigenvalue weighted by molar-refractivity contribution is -0.122. The fourth-order valence-corrected chi connectivity index (χ4v) is 3.41. The Bertz CT molecular complexity index is 804. The Morgan fingerprint density at radius 3 is 2.27 bits per heavy atom. The maximum atomic E-state index is 12.7. The van der Waals surface area contributed by atoms with Gasteiger partial charge in [-0.05, 0) is 48.6 Å². The van der Waals surface area contributed by atoms with Gasteiger partial charge in [-0.3, -0.25) is 9.59 Å². The molecule has 1 aliphatic rings. The smallest absolute Gasteiger partial charge is 0.229 e. The second kappa shape index (κ2) is 7.32. The highest BCUT2D eigenvalue weighted by Gasteiger charge is 2.35. The number of anilines is 2. The number of carbonyl (C=O) groups is 2. The minimum absolute atomic E-state index is 0.00366. The Morgan fingerprint density at radius 1 is 1.08 bits per heavy atom. The molecule has 1 atom stereocenters. The van der Waals surface area contributed by atoms with Gasteiger partial charge < -0.3 is 10.2 Å². The number of rotatable bonds is 4. The molecular weight excluding hydrogens is 324 g/mol. The molecule has 1 N–H and O–H groups in total. The quantitative estimate of drug-likeness (QED) is 0.887. The van der Waals surface area contributed by atoms with Crippen molar-refractivity contribution in [3.63, 3.8) is 0 Å². The summed E-state index contributed by atoms with van der Waals surface area (Å²) in [6, 6.07) is 14.0. The second-order valence-electron chi connectivity index (χ2n) is 7.41. The lowest BCUT2D eigenvalue weighted by Crippen LogP contribution is -2.28. The van der Waals surface area contributed by atoms with Gasteiger partial charge >= 0.3 is 0 Å². The molecule has 1 fully saturated rings. The number of hydrogen-bond acceptors (Lipinski definition) is 2. The van der Waals surface area contributed by atoms with E-state index >= 15 is 0 Å². The molecular formula is C22H26N2O2. The van der Waals surface area contributed by atoms with Gasteiger partial charge in [0, 0.05) is 24.3 Å². The second-order valence-corrected chi connectivity index (χ2v) is 7.41. The van der Waals surface area contributed by atoms with Crippen molar-refractivity contribution in [1.82, 2.24) is 0 Å². The molecule has 0 spiro atoms. The highest BCUT2D eigenvalue weighted by molar-refractivity contribution is 6.03. The summed E-state index contributed by atoms with van der Waals surface area (Å²) in [5.74, 6) is 0.0430. The number of nitrogens with one attached hydrogen (secondary N) is 1. The van der Waals surface area contributed by atoms with Crippen LogP contribution < -0.4 is 10.2 Å². The van der Waals surface area contributed by atoms with E-state index in [0.29, 0.717) is 12.5 Å². The summed E-state index contributed by atoms with van der Waals surface area (Å²) in [5.41, 5.74) is 5.02. The van der Waals surface area contributed by atoms with Crippen LogP contribution in [0.1, 0.15) is 42.9 Å². The summed E-state index contributed by atoms with van der Waals surface area (Å²) in [5, 5.41) is 3.02. The van der Waals surface area contributed by atoms with Crippen molar-refractivity contribution in [3.05, 3.63) is 59.2 Å². The van der Waals surface area contributed by atoms with E-state index in [1.54, 1.807) is 4.90 Å². The van der Waals surface area contributed by atoms with Crippen LogP contribution in [-0.4, -0.2) is 18.4 Å². The van der Waals surface area contributed by atoms with Gasteiger partial charge in [-0.15, -0.1) is 0 Å². The van der Waals surface area contributed by atoms with E-state index in [4.69, 9.17) is 0 Å². The van der Waals surface area contributed by atoms with Crippen LogP contribution in [0.5, 0.6) is 0 Å². The van der Waals surface area contributed by atoms with E-state index in [0.717, 1.165) is 22.5 Å². The van der Waals surface area contributed by atoms with Crippen LogP contribution in [0, 0.1) is 19.8 Å². The molecule has 1 saturated heterocycles. The van der Waals surface area contributed by atoms with Gasteiger partial charge in [-0.1, -0.05) is 44.2 Å². The summed E-state index contributed by atoms with van der Waals surface area (Å²) in [4.78, 5) is 26.9. The zero-order valence-electron chi connectivity index (χ0n) is 15.9. The first-order valence-corrected chi connectivity index (χ1v) is 9.14. The molecule has 4 nitrogen and oxygen atoms in total. The first-order valence-electron chi connectivity index (χ1n) is 9.14. The van der Waals surface area contributed by atoms with Gasteiger partial charge in [0.15, 0.2) is 0 Å². The molecule has 2 aromatic rings. The highest BCUT2D eigenvalue weighted by atomic mass is 16.2. The van der Waals surface area contributed by atoms with Crippen LogP contribution in [0.3, 0.4) is 0 Å². The fraction of sp³-hybridized carbons (Fsp3) is 0.364. The van der Waals surface area contributed by atoms with Gasteiger partial charge in [0.25, 0.3) is 0 Å². The number of aryl methyl sites for hydroxylation is 2. The molecule has 2 aromatic carbocycles. The molecule has 0 aromatic heterocycles. The molecule has 0 radical (unpaired) electrons. The summed E-state index contributed by atoms with van der Waals surface area (Å²) >= 11 is 0. The zero-order chi connectivity index (χ0) is 18.8. The van der Waals surface area contributed by atoms with Crippen LogP contribution >= 0.6 is 0 Å². The molecule has 1 aliphatic heterocycles. The standard InChI is InChI=1S/C22H26N2O2/c1-14(2)17-8-10-19(11-9-17)24-13-18(12-20(24)25)22(26)23-21-15(3)6-5-7-16(21)4/h5-11,14,18H,12-13H2,1-4H3,(H,23,26)/t18-/m1/s1. The van der Waals surface area contributed by atoms with Crippen LogP contribution in [0.25, 0.3) is 0 Å².